The highest BCUT2D eigenvalue weighted by Crippen LogP contribution is 2.22. The minimum Gasteiger partial charge on any atom is -0.394 e. The number of sulfone groups is 1. The molecule has 0 unspecified atom stereocenters. The van der Waals surface area contributed by atoms with Crippen molar-refractivity contribution >= 4 is 26.9 Å². The molecule has 2 rings (SSSR count). The molecule has 108 valence electrons. The van der Waals surface area contributed by atoms with Gasteiger partial charge < -0.3 is 10.4 Å². The summed E-state index contributed by atoms with van der Waals surface area (Å²) in [5.41, 5.74) is 1.80. The molecule has 20 heavy (non-hydrogen) atoms. The van der Waals surface area contributed by atoms with Crippen molar-refractivity contribution in [3.63, 3.8) is 0 Å². The van der Waals surface area contributed by atoms with E-state index in [1.165, 1.54) is 0 Å². The Morgan fingerprint density at radius 3 is 2.45 bits per heavy atom. The van der Waals surface area contributed by atoms with Crippen molar-refractivity contribution in [2.75, 3.05) is 17.7 Å². The molecule has 0 fully saturated rings. The van der Waals surface area contributed by atoms with Gasteiger partial charge in [0.1, 0.15) is 0 Å². The van der Waals surface area contributed by atoms with Crippen LogP contribution in [0.15, 0.2) is 46.0 Å². The minimum atomic E-state index is -3.17. The lowest BCUT2D eigenvalue weighted by Crippen LogP contribution is -2.14. The molecule has 1 aromatic heterocycles. The number of nitrogens with one attached hydrogen (secondary N) is 1. The Kier molecular flexibility index (Phi) is 4.80. The second-order valence-electron chi connectivity index (χ2n) is 4.36. The quantitative estimate of drug-likeness (QED) is 0.861. The first-order valence-corrected chi connectivity index (χ1v) is 8.88. The lowest BCUT2D eigenvalue weighted by Gasteiger charge is -2.16. The fourth-order valence-corrected chi connectivity index (χ4v) is 3.43. The van der Waals surface area contributed by atoms with E-state index in [0.717, 1.165) is 11.3 Å². The van der Waals surface area contributed by atoms with E-state index >= 15 is 0 Å². The molecule has 2 N–H and O–H groups in total. The summed E-state index contributed by atoms with van der Waals surface area (Å²) in [6.07, 6.45) is 0. The van der Waals surface area contributed by atoms with Crippen molar-refractivity contribution in [3.8, 4) is 0 Å². The number of benzene rings is 1. The fraction of sp³-hybridized carbons (Fsp3) is 0.286. The van der Waals surface area contributed by atoms with Crippen LogP contribution in [-0.4, -0.2) is 25.9 Å². The number of rotatable bonds is 6. The van der Waals surface area contributed by atoms with E-state index in [1.54, 1.807) is 42.5 Å². The number of aliphatic hydroxyl groups is 1. The van der Waals surface area contributed by atoms with Crippen molar-refractivity contribution in [1.29, 1.82) is 0 Å². The summed E-state index contributed by atoms with van der Waals surface area (Å²) in [6.45, 7) is 1.60. The van der Waals surface area contributed by atoms with E-state index in [4.69, 9.17) is 0 Å². The molecular weight excluding hydrogens is 294 g/mol. The minimum absolute atomic E-state index is 0.0221. The molecule has 0 aliphatic carbocycles. The predicted octanol–water partition coefficient (Wildman–Crippen LogP) is 2.69. The summed E-state index contributed by atoms with van der Waals surface area (Å²) in [6, 6.07) is 8.38. The van der Waals surface area contributed by atoms with Crippen molar-refractivity contribution in [2.24, 2.45) is 0 Å². The molecule has 4 nitrogen and oxygen atoms in total. The Morgan fingerprint density at radius 2 is 1.95 bits per heavy atom. The SMILES string of the molecule is CCS(=O)(=O)c1ccc(N[C@H](CO)c2ccsc2)cc1. The van der Waals surface area contributed by atoms with Gasteiger partial charge in [0.25, 0.3) is 0 Å². The van der Waals surface area contributed by atoms with Gasteiger partial charge in [-0.05, 0) is 46.7 Å². The zero-order chi connectivity index (χ0) is 14.6. The van der Waals surface area contributed by atoms with Gasteiger partial charge in [-0.25, -0.2) is 8.42 Å². The maximum atomic E-state index is 11.7. The number of hydrogen-bond acceptors (Lipinski definition) is 5. The van der Waals surface area contributed by atoms with Crippen LogP contribution < -0.4 is 5.32 Å². The van der Waals surface area contributed by atoms with Crippen LogP contribution in [0.4, 0.5) is 5.69 Å². The van der Waals surface area contributed by atoms with Gasteiger partial charge in [-0.1, -0.05) is 6.92 Å². The fourth-order valence-electron chi connectivity index (χ4n) is 1.83. The van der Waals surface area contributed by atoms with Gasteiger partial charge in [0.05, 0.1) is 23.3 Å². The molecular formula is C14H17NO3S2. The van der Waals surface area contributed by atoms with Gasteiger partial charge in [-0.15, -0.1) is 0 Å². The number of thiophene rings is 1. The van der Waals surface area contributed by atoms with Crippen LogP contribution in [0.2, 0.25) is 0 Å². The van der Waals surface area contributed by atoms with E-state index < -0.39 is 9.84 Å². The van der Waals surface area contributed by atoms with Gasteiger partial charge in [-0.3, -0.25) is 0 Å². The second kappa shape index (κ2) is 6.39. The zero-order valence-electron chi connectivity index (χ0n) is 11.1. The molecule has 0 saturated heterocycles. The van der Waals surface area contributed by atoms with Crippen molar-refractivity contribution < 1.29 is 13.5 Å². The van der Waals surface area contributed by atoms with E-state index in [0.29, 0.717) is 4.90 Å². The van der Waals surface area contributed by atoms with Crippen LogP contribution in [0.3, 0.4) is 0 Å². The molecule has 1 atom stereocenters. The molecule has 0 radical (unpaired) electrons. The number of hydrogen-bond donors (Lipinski definition) is 2. The van der Waals surface area contributed by atoms with Crippen LogP contribution in [0.5, 0.6) is 0 Å². The average Bonchev–Trinajstić information content (AvgIpc) is 2.99. The first-order chi connectivity index (χ1) is 9.56. The summed E-state index contributed by atoms with van der Waals surface area (Å²) in [5, 5.41) is 16.5. The zero-order valence-corrected chi connectivity index (χ0v) is 12.7. The monoisotopic (exact) mass is 311 g/mol. The molecule has 1 aromatic carbocycles. The van der Waals surface area contributed by atoms with Crippen LogP contribution in [-0.2, 0) is 9.84 Å². The van der Waals surface area contributed by atoms with Crippen molar-refractivity contribution in [1.82, 2.24) is 0 Å². The Bertz CT molecular complexity index is 634. The van der Waals surface area contributed by atoms with Crippen LogP contribution in [0.25, 0.3) is 0 Å². The van der Waals surface area contributed by atoms with Gasteiger partial charge in [0, 0.05) is 5.69 Å². The molecule has 0 aliphatic rings. The third-order valence-corrected chi connectivity index (χ3v) is 5.51. The summed E-state index contributed by atoms with van der Waals surface area (Å²) < 4.78 is 23.4. The predicted molar refractivity (Wildman–Crippen MR) is 81.9 cm³/mol. The summed E-state index contributed by atoms with van der Waals surface area (Å²) in [5.74, 6) is 0.0912. The lowest BCUT2D eigenvalue weighted by molar-refractivity contribution is 0.276. The smallest absolute Gasteiger partial charge is 0.178 e. The maximum absolute atomic E-state index is 11.7. The normalized spacial score (nSPS) is 13.1. The molecule has 0 aliphatic heterocycles. The molecule has 6 heteroatoms. The third-order valence-electron chi connectivity index (χ3n) is 3.06. The Balaban J connectivity index is 2.15. The molecule has 0 saturated carbocycles. The van der Waals surface area contributed by atoms with Crippen molar-refractivity contribution in [3.05, 3.63) is 46.7 Å². The van der Waals surface area contributed by atoms with E-state index in [-0.39, 0.29) is 18.4 Å². The molecule has 0 amide bonds. The van der Waals surface area contributed by atoms with E-state index in [2.05, 4.69) is 5.32 Å². The first-order valence-electron chi connectivity index (χ1n) is 6.29. The van der Waals surface area contributed by atoms with E-state index in [9.17, 15) is 13.5 Å². The second-order valence-corrected chi connectivity index (χ2v) is 7.42. The molecule has 2 aromatic rings. The van der Waals surface area contributed by atoms with Crippen LogP contribution >= 0.6 is 11.3 Å². The molecule has 1 heterocycles. The van der Waals surface area contributed by atoms with Crippen molar-refractivity contribution in [2.45, 2.75) is 17.9 Å². The highest BCUT2D eigenvalue weighted by atomic mass is 32.2. The van der Waals surface area contributed by atoms with Gasteiger partial charge in [0.2, 0.25) is 0 Å². The highest BCUT2D eigenvalue weighted by Gasteiger charge is 2.13. The topological polar surface area (TPSA) is 66.4 Å². The van der Waals surface area contributed by atoms with Gasteiger partial charge in [-0.2, -0.15) is 11.3 Å². The Morgan fingerprint density at radius 1 is 1.25 bits per heavy atom. The number of aliphatic hydroxyl groups excluding tert-OH is 1. The molecule has 0 spiro atoms. The van der Waals surface area contributed by atoms with Crippen LogP contribution in [0, 0.1) is 0 Å². The van der Waals surface area contributed by atoms with Gasteiger partial charge in [0.15, 0.2) is 9.84 Å². The van der Waals surface area contributed by atoms with E-state index in [1.807, 2.05) is 16.8 Å². The average molecular weight is 311 g/mol. The molecule has 0 bridgehead atoms. The maximum Gasteiger partial charge on any atom is 0.178 e. The Hall–Kier alpha value is -1.37. The Labute approximate surface area is 123 Å². The standard InChI is InChI=1S/C14H17NO3S2/c1-2-20(17,18)13-5-3-12(4-6-13)15-14(9-16)11-7-8-19-10-11/h3-8,10,14-16H,2,9H2,1H3/t14-/m1/s1. The first kappa shape index (κ1) is 15.0. The number of anilines is 1. The summed E-state index contributed by atoms with van der Waals surface area (Å²) >= 11 is 1.57. The lowest BCUT2D eigenvalue weighted by atomic mass is 10.1. The highest BCUT2D eigenvalue weighted by molar-refractivity contribution is 7.91. The summed E-state index contributed by atoms with van der Waals surface area (Å²) in [4.78, 5) is 0.321. The third kappa shape index (κ3) is 3.39. The summed E-state index contributed by atoms with van der Waals surface area (Å²) in [7, 11) is -3.17. The largest absolute Gasteiger partial charge is 0.394 e. The van der Waals surface area contributed by atoms with Gasteiger partial charge >= 0.3 is 0 Å². The van der Waals surface area contributed by atoms with Crippen LogP contribution in [0.1, 0.15) is 18.5 Å².